The van der Waals surface area contributed by atoms with Gasteiger partial charge in [0.15, 0.2) is 0 Å². The number of hydrogen-bond donors (Lipinski definition) is 1. The Kier molecular flexibility index (Phi) is 4.36. The van der Waals surface area contributed by atoms with Gasteiger partial charge in [-0.2, -0.15) is 0 Å². The number of rotatable bonds is 4. The number of aryl methyl sites for hydroxylation is 1. The van der Waals surface area contributed by atoms with E-state index in [4.69, 9.17) is 5.73 Å². The van der Waals surface area contributed by atoms with E-state index in [1.165, 1.54) is 27.8 Å². The maximum atomic E-state index is 6.30. The van der Waals surface area contributed by atoms with Crippen molar-refractivity contribution in [3.8, 4) is 11.1 Å². The van der Waals surface area contributed by atoms with Crippen LogP contribution in [0.3, 0.4) is 0 Å². The van der Waals surface area contributed by atoms with Crippen molar-refractivity contribution in [3.05, 3.63) is 95.6 Å². The first-order chi connectivity index (χ1) is 10.7. The fraction of sp³-hybridized carbons (Fsp3) is 0.143. The van der Waals surface area contributed by atoms with Crippen molar-refractivity contribution in [3.63, 3.8) is 0 Å². The molecule has 110 valence electrons. The average molecular weight is 287 g/mol. The lowest BCUT2D eigenvalue weighted by Crippen LogP contribution is -2.13. The van der Waals surface area contributed by atoms with Gasteiger partial charge in [0.05, 0.1) is 0 Å². The van der Waals surface area contributed by atoms with Crippen LogP contribution in [0.5, 0.6) is 0 Å². The van der Waals surface area contributed by atoms with Gasteiger partial charge < -0.3 is 5.73 Å². The third kappa shape index (κ3) is 3.26. The summed E-state index contributed by atoms with van der Waals surface area (Å²) >= 11 is 0. The molecule has 3 aromatic carbocycles. The van der Waals surface area contributed by atoms with E-state index in [-0.39, 0.29) is 6.04 Å². The Morgan fingerprint density at radius 1 is 0.773 bits per heavy atom. The maximum absolute atomic E-state index is 6.30. The van der Waals surface area contributed by atoms with Crippen molar-refractivity contribution in [2.24, 2.45) is 5.73 Å². The molecular weight excluding hydrogens is 266 g/mol. The summed E-state index contributed by atoms with van der Waals surface area (Å²) in [5.74, 6) is 0. The molecule has 0 amide bonds. The lowest BCUT2D eigenvalue weighted by molar-refractivity contribution is 0.722. The topological polar surface area (TPSA) is 26.0 Å². The molecule has 0 aromatic heterocycles. The van der Waals surface area contributed by atoms with Gasteiger partial charge in [-0.05, 0) is 41.2 Å². The molecule has 0 radical (unpaired) electrons. The van der Waals surface area contributed by atoms with Gasteiger partial charge in [-0.3, -0.25) is 0 Å². The molecule has 1 unspecified atom stereocenters. The smallest absolute Gasteiger partial charge is 0.0335 e. The molecule has 0 bridgehead atoms. The van der Waals surface area contributed by atoms with E-state index in [1.807, 2.05) is 18.2 Å². The second-order valence-electron chi connectivity index (χ2n) is 5.73. The third-order valence-electron chi connectivity index (χ3n) is 4.09. The van der Waals surface area contributed by atoms with Crippen LogP contribution in [0.25, 0.3) is 11.1 Å². The molecule has 0 saturated carbocycles. The molecule has 1 atom stereocenters. The van der Waals surface area contributed by atoms with Gasteiger partial charge in [0.1, 0.15) is 0 Å². The molecule has 0 fully saturated rings. The largest absolute Gasteiger partial charge is 0.324 e. The Balaban J connectivity index is 1.76. The molecule has 3 aromatic rings. The van der Waals surface area contributed by atoms with Crippen LogP contribution in [-0.4, -0.2) is 0 Å². The van der Waals surface area contributed by atoms with Gasteiger partial charge in [-0.25, -0.2) is 0 Å². The first-order valence-corrected chi connectivity index (χ1v) is 7.69. The average Bonchev–Trinajstić information content (AvgIpc) is 2.57. The van der Waals surface area contributed by atoms with Gasteiger partial charge in [-0.1, -0.05) is 78.9 Å². The van der Waals surface area contributed by atoms with Crippen LogP contribution in [0.4, 0.5) is 0 Å². The summed E-state index contributed by atoms with van der Waals surface area (Å²) in [5, 5.41) is 0. The van der Waals surface area contributed by atoms with Crippen molar-refractivity contribution in [1.82, 2.24) is 0 Å². The quantitative estimate of drug-likeness (QED) is 0.725. The van der Waals surface area contributed by atoms with E-state index in [2.05, 4.69) is 67.6 Å². The fourth-order valence-corrected chi connectivity index (χ4v) is 2.79. The van der Waals surface area contributed by atoms with Crippen molar-refractivity contribution < 1.29 is 0 Å². The van der Waals surface area contributed by atoms with Gasteiger partial charge in [-0.15, -0.1) is 0 Å². The summed E-state index contributed by atoms with van der Waals surface area (Å²) in [6, 6.07) is 27.5. The van der Waals surface area contributed by atoms with E-state index in [0.717, 1.165) is 6.42 Å². The van der Waals surface area contributed by atoms with Gasteiger partial charge in [0, 0.05) is 6.04 Å². The summed E-state index contributed by atoms with van der Waals surface area (Å²) in [7, 11) is 0. The Morgan fingerprint density at radius 2 is 1.41 bits per heavy atom. The summed E-state index contributed by atoms with van der Waals surface area (Å²) in [6.45, 7) is 2.15. The fourth-order valence-electron chi connectivity index (χ4n) is 2.79. The van der Waals surface area contributed by atoms with Crippen LogP contribution in [0.1, 0.15) is 22.7 Å². The summed E-state index contributed by atoms with van der Waals surface area (Å²) in [6.07, 6.45) is 0.859. The van der Waals surface area contributed by atoms with Crippen LogP contribution in [0, 0.1) is 6.92 Å². The van der Waals surface area contributed by atoms with Crippen molar-refractivity contribution in [1.29, 1.82) is 0 Å². The van der Waals surface area contributed by atoms with Crippen molar-refractivity contribution in [2.45, 2.75) is 19.4 Å². The predicted octanol–water partition coefficient (Wildman–Crippen LogP) is 4.90. The molecule has 3 rings (SSSR count). The van der Waals surface area contributed by atoms with E-state index < -0.39 is 0 Å². The Bertz CT molecular complexity index is 729. The first kappa shape index (κ1) is 14.6. The summed E-state index contributed by atoms with van der Waals surface area (Å²) < 4.78 is 0. The SMILES string of the molecule is Cc1ccccc1-c1ccc(CC(N)c2ccccc2)cc1. The predicted molar refractivity (Wildman–Crippen MR) is 93.7 cm³/mol. The molecule has 1 heteroatoms. The number of nitrogens with two attached hydrogens (primary N) is 1. The monoisotopic (exact) mass is 287 g/mol. The van der Waals surface area contributed by atoms with Crippen LogP contribution in [0.15, 0.2) is 78.9 Å². The molecule has 0 aliphatic heterocycles. The van der Waals surface area contributed by atoms with Gasteiger partial charge in [0.25, 0.3) is 0 Å². The first-order valence-electron chi connectivity index (χ1n) is 7.69. The zero-order valence-corrected chi connectivity index (χ0v) is 12.9. The molecule has 2 N–H and O–H groups in total. The Labute approximate surface area is 132 Å². The molecule has 0 aliphatic rings. The van der Waals surface area contributed by atoms with Crippen LogP contribution < -0.4 is 5.73 Å². The van der Waals surface area contributed by atoms with Gasteiger partial charge >= 0.3 is 0 Å². The van der Waals surface area contributed by atoms with Gasteiger partial charge in [0.2, 0.25) is 0 Å². The number of hydrogen-bond acceptors (Lipinski definition) is 1. The molecule has 0 saturated heterocycles. The van der Waals surface area contributed by atoms with Crippen LogP contribution in [0.2, 0.25) is 0 Å². The number of benzene rings is 3. The second kappa shape index (κ2) is 6.59. The normalized spacial score (nSPS) is 12.1. The van der Waals surface area contributed by atoms with E-state index >= 15 is 0 Å². The summed E-state index contributed by atoms with van der Waals surface area (Å²) in [5.41, 5.74) is 12.6. The summed E-state index contributed by atoms with van der Waals surface area (Å²) in [4.78, 5) is 0. The van der Waals surface area contributed by atoms with E-state index in [9.17, 15) is 0 Å². The van der Waals surface area contributed by atoms with Crippen molar-refractivity contribution in [2.75, 3.05) is 0 Å². The Hall–Kier alpha value is -2.38. The lowest BCUT2D eigenvalue weighted by atomic mass is 9.96. The molecule has 0 heterocycles. The molecule has 0 aliphatic carbocycles. The minimum atomic E-state index is 0.0468. The highest BCUT2D eigenvalue weighted by molar-refractivity contribution is 5.67. The zero-order valence-electron chi connectivity index (χ0n) is 12.9. The van der Waals surface area contributed by atoms with Crippen LogP contribution in [-0.2, 0) is 6.42 Å². The van der Waals surface area contributed by atoms with E-state index in [0.29, 0.717) is 0 Å². The van der Waals surface area contributed by atoms with Crippen molar-refractivity contribution >= 4 is 0 Å². The molecule has 22 heavy (non-hydrogen) atoms. The molecular formula is C21H21N. The van der Waals surface area contributed by atoms with E-state index in [1.54, 1.807) is 0 Å². The minimum absolute atomic E-state index is 0.0468. The highest BCUT2D eigenvalue weighted by atomic mass is 14.6. The molecule has 1 nitrogen and oxygen atoms in total. The highest BCUT2D eigenvalue weighted by Crippen LogP contribution is 2.24. The Morgan fingerprint density at radius 3 is 2.09 bits per heavy atom. The minimum Gasteiger partial charge on any atom is -0.324 e. The zero-order chi connectivity index (χ0) is 15.4. The second-order valence-corrected chi connectivity index (χ2v) is 5.73. The maximum Gasteiger partial charge on any atom is 0.0335 e. The lowest BCUT2D eigenvalue weighted by Gasteiger charge is -2.13. The van der Waals surface area contributed by atoms with Crippen LogP contribution >= 0.6 is 0 Å². The molecule has 0 spiro atoms. The standard InChI is InChI=1S/C21H21N/c1-16-7-5-6-10-20(16)18-13-11-17(12-14-18)15-21(22)19-8-3-2-4-9-19/h2-14,21H,15,22H2,1H3. The third-order valence-corrected chi connectivity index (χ3v) is 4.09. The highest BCUT2D eigenvalue weighted by Gasteiger charge is 2.07.